The number of carbonyl (C=O) groups excluding carboxylic acids is 3. The SMILES string of the molecule is CC(C)(C)N(C(=O)O)C1CCCN(c2ccc(N)cc2C#Cc2ccc(C(=O)NCCN3CCCCC3)cc2)C1.CC(C)(C)OC(=O)NC1CCCN(c2ccc(N)cc2C#Cc2ccc(C(=O)NCCN3CCCCC3)cc2)C1. The molecule has 16 heteroatoms. The monoisotopic (exact) mass is 1090 g/mol. The summed E-state index contributed by atoms with van der Waals surface area (Å²) < 4.78 is 5.44. The second-order valence-corrected chi connectivity index (χ2v) is 23.5. The Hall–Kier alpha value is -7.40. The Kier molecular flexibility index (Phi) is 21.6. The van der Waals surface area contributed by atoms with Crippen molar-refractivity contribution < 1.29 is 29.0 Å². The summed E-state index contributed by atoms with van der Waals surface area (Å²) in [5, 5.41) is 19.0. The number of nitrogen functional groups attached to an aromatic ring is 2. The van der Waals surface area contributed by atoms with Crippen molar-refractivity contribution in [3.8, 4) is 23.7 Å². The third-order valence-corrected chi connectivity index (χ3v) is 14.9. The quantitative estimate of drug-likeness (QED) is 0.0582. The maximum Gasteiger partial charge on any atom is 0.408 e. The minimum atomic E-state index is -0.893. The number of nitrogens with zero attached hydrogens (tertiary/aromatic N) is 5. The van der Waals surface area contributed by atoms with Gasteiger partial charge in [0.1, 0.15) is 5.60 Å². The Labute approximate surface area is 475 Å². The van der Waals surface area contributed by atoms with E-state index in [9.17, 15) is 24.3 Å². The number of carboxylic acid groups (broad SMARTS) is 1. The molecule has 2 atom stereocenters. The molecule has 4 aromatic carbocycles. The summed E-state index contributed by atoms with van der Waals surface area (Å²) >= 11 is 0. The maximum absolute atomic E-state index is 12.6. The summed E-state index contributed by atoms with van der Waals surface area (Å²) in [5.41, 5.74) is 18.9. The van der Waals surface area contributed by atoms with E-state index >= 15 is 0 Å². The van der Waals surface area contributed by atoms with Crippen molar-refractivity contribution in [2.24, 2.45) is 0 Å². The molecule has 428 valence electrons. The van der Waals surface area contributed by atoms with Crippen LogP contribution in [0.1, 0.15) is 149 Å². The summed E-state index contributed by atoms with van der Waals surface area (Å²) in [6, 6.07) is 26.1. The lowest BCUT2D eigenvalue weighted by Gasteiger charge is -2.45. The Morgan fingerprint density at radius 2 is 1.04 bits per heavy atom. The summed E-state index contributed by atoms with van der Waals surface area (Å²) in [5.74, 6) is 12.9. The van der Waals surface area contributed by atoms with Gasteiger partial charge in [0, 0.05) is 97.6 Å². The van der Waals surface area contributed by atoms with Crippen molar-refractivity contribution in [3.63, 3.8) is 0 Å². The van der Waals surface area contributed by atoms with E-state index in [2.05, 4.69) is 59.2 Å². The van der Waals surface area contributed by atoms with Crippen LogP contribution >= 0.6 is 0 Å². The highest BCUT2D eigenvalue weighted by Gasteiger charge is 2.36. The third kappa shape index (κ3) is 18.6. The van der Waals surface area contributed by atoms with Crippen molar-refractivity contribution in [1.29, 1.82) is 0 Å². The Bertz CT molecular complexity index is 2840. The van der Waals surface area contributed by atoms with Crippen LogP contribution in [0.25, 0.3) is 0 Å². The molecule has 4 saturated heterocycles. The largest absolute Gasteiger partial charge is 0.465 e. The van der Waals surface area contributed by atoms with Gasteiger partial charge >= 0.3 is 12.2 Å². The van der Waals surface area contributed by atoms with E-state index in [4.69, 9.17) is 16.2 Å². The van der Waals surface area contributed by atoms with Gasteiger partial charge in [-0.1, -0.05) is 36.5 Å². The van der Waals surface area contributed by atoms with E-state index in [1.165, 1.54) is 38.5 Å². The highest BCUT2D eigenvalue weighted by Crippen LogP contribution is 2.31. The molecule has 8 rings (SSSR count). The number of likely N-dealkylation sites (tertiary alicyclic amines) is 2. The van der Waals surface area contributed by atoms with Crippen LogP contribution < -0.4 is 37.2 Å². The number of rotatable bonds is 12. The molecule has 2 unspecified atom stereocenters. The van der Waals surface area contributed by atoms with Crippen molar-refractivity contribution in [2.45, 2.75) is 129 Å². The molecule has 4 aromatic rings. The van der Waals surface area contributed by atoms with Crippen molar-refractivity contribution in [2.75, 3.05) is 99.8 Å². The molecule has 0 bridgehead atoms. The van der Waals surface area contributed by atoms with Gasteiger partial charge in [0.15, 0.2) is 0 Å². The van der Waals surface area contributed by atoms with E-state index in [-0.39, 0.29) is 23.9 Å². The van der Waals surface area contributed by atoms with Crippen LogP contribution in [0, 0.1) is 23.7 Å². The first-order chi connectivity index (χ1) is 38.3. The third-order valence-electron chi connectivity index (χ3n) is 14.9. The van der Waals surface area contributed by atoms with Crippen LogP contribution in [0.3, 0.4) is 0 Å². The number of hydrogen-bond acceptors (Lipinski definition) is 11. The number of hydrogen-bond donors (Lipinski definition) is 6. The van der Waals surface area contributed by atoms with E-state index < -0.39 is 23.3 Å². The number of amides is 4. The fourth-order valence-electron chi connectivity index (χ4n) is 10.9. The maximum atomic E-state index is 12.6. The number of benzene rings is 4. The smallest absolute Gasteiger partial charge is 0.408 e. The normalized spacial score (nSPS) is 17.9. The van der Waals surface area contributed by atoms with Crippen LogP contribution in [0.4, 0.5) is 32.3 Å². The molecule has 80 heavy (non-hydrogen) atoms. The number of ether oxygens (including phenoxy) is 1. The van der Waals surface area contributed by atoms with Gasteiger partial charge in [0.05, 0.1) is 28.5 Å². The minimum Gasteiger partial charge on any atom is -0.465 e. The predicted molar refractivity (Wildman–Crippen MR) is 321 cm³/mol. The molecule has 0 radical (unpaired) electrons. The molecule has 0 spiro atoms. The highest BCUT2D eigenvalue weighted by atomic mass is 16.6. The topological polar surface area (TPSA) is 202 Å². The van der Waals surface area contributed by atoms with Crippen LogP contribution in [-0.2, 0) is 4.74 Å². The summed E-state index contributed by atoms with van der Waals surface area (Å²) in [6.45, 7) is 21.9. The van der Waals surface area contributed by atoms with Gasteiger partial charge in [0.2, 0.25) is 0 Å². The van der Waals surface area contributed by atoms with Gasteiger partial charge in [-0.25, -0.2) is 9.59 Å². The van der Waals surface area contributed by atoms with Gasteiger partial charge in [-0.15, -0.1) is 0 Å². The first-order valence-electron chi connectivity index (χ1n) is 28.8. The molecular weight excluding hydrogens is 1000 g/mol. The van der Waals surface area contributed by atoms with Crippen molar-refractivity contribution >= 4 is 46.8 Å². The lowest BCUT2D eigenvalue weighted by atomic mass is 9.96. The number of alkyl carbamates (subject to hydrolysis) is 1. The molecule has 16 nitrogen and oxygen atoms in total. The average molecular weight is 1090 g/mol. The number of anilines is 4. The number of nitrogens with two attached hydrogens (primary N) is 2. The molecule has 4 aliphatic rings. The molecule has 8 N–H and O–H groups in total. The highest BCUT2D eigenvalue weighted by molar-refractivity contribution is 5.94. The number of piperidine rings is 4. The molecule has 4 amide bonds. The van der Waals surface area contributed by atoms with Gasteiger partial charge in [-0.3, -0.25) is 14.5 Å². The van der Waals surface area contributed by atoms with E-state index in [1.54, 1.807) is 4.90 Å². The van der Waals surface area contributed by atoms with Crippen LogP contribution in [0.5, 0.6) is 0 Å². The van der Waals surface area contributed by atoms with E-state index in [0.717, 1.165) is 112 Å². The first kappa shape index (κ1) is 60.2. The Morgan fingerprint density at radius 3 is 1.48 bits per heavy atom. The Balaban J connectivity index is 0.000000231. The number of carbonyl (C=O) groups is 4. The predicted octanol–water partition coefficient (Wildman–Crippen LogP) is 9.01. The fourth-order valence-corrected chi connectivity index (χ4v) is 10.9. The van der Waals surface area contributed by atoms with Crippen molar-refractivity contribution in [3.05, 3.63) is 118 Å². The minimum absolute atomic E-state index is 0.0134. The van der Waals surface area contributed by atoms with Crippen LogP contribution in [0.15, 0.2) is 84.9 Å². The zero-order chi connectivity index (χ0) is 57.2. The summed E-state index contributed by atoms with van der Waals surface area (Å²) in [6.07, 6.45) is 9.86. The first-order valence-corrected chi connectivity index (χ1v) is 28.8. The van der Waals surface area contributed by atoms with Crippen LogP contribution in [-0.4, -0.2) is 146 Å². The van der Waals surface area contributed by atoms with Gasteiger partial charge < -0.3 is 56.9 Å². The second kappa shape index (κ2) is 28.7. The van der Waals surface area contributed by atoms with Crippen molar-refractivity contribution in [1.82, 2.24) is 30.7 Å². The average Bonchev–Trinajstić information content (AvgIpc) is 3.43. The van der Waals surface area contributed by atoms with Gasteiger partial charge in [-0.2, -0.15) is 0 Å². The lowest BCUT2D eigenvalue weighted by Crippen LogP contribution is -2.56. The zero-order valence-corrected chi connectivity index (χ0v) is 48.2. The molecular formula is C64H86N10O6. The molecule has 4 aliphatic heterocycles. The molecule has 0 aromatic heterocycles. The molecule has 0 aliphatic carbocycles. The Morgan fingerprint density at radius 1 is 0.588 bits per heavy atom. The number of nitrogens with one attached hydrogen (secondary N) is 3. The fraction of sp³-hybridized carbons (Fsp3) is 0.500. The zero-order valence-electron chi connectivity index (χ0n) is 48.2. The molecule has 0 saturated carbocycles. The van der Waals surface area contributed by atoms with E-state index in [0.29, 0.717) is 48.7 Å². The molecule has 4 fully saturated rings. The van der Waals surface area contributed by atoms with Gasteiger partial charge in [-0.05, 0) is 204 Å². The van der Waals surface area contributed by atoms with Crippen LogP contribution in [0.2, 0.25) is 0 Å². The van der Waals surface area contributed by atoms with Gasteiger partial charge in [0.25, 0.3) is 11.8 Å². The lowest BCUT2D eigenvalue weighted by molar-refractivity contribution is 0.0498. The summed E-state index contributed by atoms with van der Waals surface area (Å²) in [7, 11) is 0. The standard InChI is InChI=1S/2C32H43N5O3/c1-32(2,3)40-31(39)35-28-8-7-20-37(23-28)29-16-15-27(33)22-26(29)14-11-24-9-12-25(13-10-24)30(38)34-17-21-36-18-5-4-6-19-36;1-32(2,3)37(31(39)40)28-8-7-20-36(23-28)29-16-15-27(33)22-26(29)14-11-24-9-12-25(13-10-24)30(38)34-17-21-35-18-5-4-6-19-35/h9-10,12-13,15-16,22,28H,4-8,17-21,23,33H2,1-3H3,(H,34,38)(H,35,39);9-10,12-13,15-16,22,28H,4-8,17-21,23,33H2,1-3H3,(H,34,38)(H,39,40). The summed E-state index contributed by atoms with van der Waals surface area (Å²) in [4.78, 5) is 60.4. The molecule has 4 heterocycles. The second-order valence-electron chi connectivity index (χ2n) is 23.5. The van der Waals surface area contributed by atoms with E-state index in [1.807, 2.05) is 126 Å².